The Morgan fingerprint density at radius 3 is 1.10 bits per heavy atom. The second-order valence-corrected chi connectivity index (χ2v) is 17.9. The van der Waals surface area contributed by atoms with Crippen LogP contribution in [0.5, 0.6) is 0 Å². The summed E-state index contributed by atoms with van der Waals surface area (Å²) in [6.45, 7) is 23.1. The van der Waals surface area contributed by atoms with Crippen LogP contribution in [0.2, 0.25) is 0 Å². The first-order valence-electron chi connectivity index (χ1n) is 16.1. The average Bonchev–Trinajstić information content (AvgIpc) is 3.58. The number of unbranched alkanes of at least 4 members (excludes halogenated alkanes) is 3. The molecule has 0 bridgehead atoms. The predicted molar refractivity (Wildman–Crippen MR) is 170 cm³/mol. The molecule has 4 aliphatic heterocycles. The zero-order valence-electron chi connectivity index (χ0n) is 28.2. The molecule has 0 saturated carbocycles. The lowest BCUT2D eigenvalue weighted by molar-refractivity contribution is -0.270. The standard InChI is InChI=1S/C30H60N4O6P2/c1-27(2)21-25(22-28(3,4)33(27)35-9)31(41-37-17-18-38-41)15-13-11-12-14-16-32(42-39-19-20-40-42)26-23-29(5,6)34(36-10)30(7,8)24-26/h25-26H,11-24H2,1-10H3. The third-order valence-corrected chi connectivity index (χ3v) is 12.8. The Kier molecular flexibility index (Phi) is 12.2. The van der Waals surface area contributed by atoms with Crippen LogP contribution in [-0.2, 0) is 27.8 Å². The molecule has 42 heavy (non-hydrogen) atoms. The monoisotopic (exact) mass is 634 g/mol. The Morgan fingerprint density at radius 2 is 0.833 bits per heavy atom. The Hall–Kier alpha value is 0.460. The van der Waals surface area contributed by atoms with Gasteiger partial charge in [-0.05, 0) is 93.9 Å². The smallest absolute Gasteiger partial charge is 0.259 e. The highest BCUT2D eigenvalue weighted by molar-refractivity contribution is 7.45. The van der Waals surface area contributed by atoms with Crippen LogP contribution >= 0.6 is 17.1 Å². The number of hydrogen-bond donors (Lipinski definition) is 0. The van der Waals surface area contributed by atoms with Gasteiger partial charge >= 0.3 is 0 Å². The van der Waals surface area contributed by atoms with E-state index in [1.165, 1.54) is 12.8 Å². The third-order valence-electron chi connectivity index (χ3n) is 9.27. The summed E-state index contributed by atoms with van der Waals surface area (Å²) in [5.74, 6) is 0. The van der Waals surface area contributed by atoms with E-state index < -0.39 is 17.1 Å². The van der Waals surface area contributed by atoms with Crippen LogP contribution in [-0.4, -0.2) is 107 Å². The molecule has 0 aliphatic carbocycles. The number of hydrogen-bond acceptors (Lipinski definition) is 10. The van der Waals surface area contributed by atoms with Gasteiger partial charge < -0.3 is 27.8 Å². The summed E-state index contributed by atoms with van der Waals surface area (Å²) >= 11 is 0. The van der Waals surface area contributed by atoms with Crippen molar-refractivity contribution in [2.75, 3.05) is 53.7 Å². The first kappa shape index (κ1) is 35.3. The van der Waals surface area contributed by atoms with E-state index in [9.17, 15) is 0 Å². The summed E-state index contributed by atoms with van der Waals surface area (Å²) in [7, 11) is 1.63. The predicted octanol–water partition coefficient (Wildman–Crippen LogP) is 6.86. The molecule has 4 aliphatic rings. The molecule has 0 atom stereocenters. The van der Waals surface area contributed by atoms with Gasteiger partial charge in [-0.3, -0.25) is 0 Å². The van der Waals surface area contributed by atoms with Crippen molar-refractivity contribution < 1.29 is 27.8 Å². The van der Waals surface area contributed by atoms with Gasteiger partial charge in [-0.25, -0.2) is 9.34 Å². The highest BCUT2D eigenvalue weighted by atomic mass is 31.2. The van der Waals surface area contributed by atoms with Crippen molar-refractivity contribution >= 4 is 17.1 Å². The average molecular weight is 635 g/mol. The van der Waals surface area contributed by atoms with Crippen LogP contribution in [0.15, 0.2) is 0 Å². The topological polar surface area (TPSA) is 68.3 Å². The summed E-state index contributed by atoms with van der Waals surface area (Å²) in [5.41, 5.74) is -0.251. The van der Waals surface area contributed by atoms with E-state index in [1.807, 2.05) is 0 Å². The van der Waals surface area contributed by atoms with Crippen molar-refractivity contribution in [2.24, 2.45) is 0 Å². The van der Waals surface area contributed by atoms with Crippen molar-refractivity contribution in [2.45, 2.75) is 141 Å². The molecule has 4 rings (SSSR count). The summed E-state index contributed by atoms with van der Waals surface area (Å²) in [6, 6.07) is 0.815. The maximum Gasteiger partial charge on any atom is 0.259 e. The van der Waals surface area contributed by atoms with Crippen LogP contribution < -0.4 is 0 Å². The second-order valence-electron chi connectivity index (χ2n) is 14.9. The SMILES string of the molecule is CON1C(C)(C)CC(N(CCCCCCN(C2CC(C)(C)N(OC)C(C)(C)C2)P2OCCO2)P2OCCO2)CC1(C)C. The molecule has 0 aromatic heterocycles. The lowest BCUT2D eigenvalue weighted by Crippen LogP contribution is -2.63. The van der Waals surface area contributed by atoms with Gasteiger partial charge in [0.1, 0.15) is 0 Å². The molecule has 0 spiro atoms. The molecule has 0 aromatic carbocycles. The molecular weight excluding hydrogens is 574 g/mol. The Morgan fingerprint density at radius 1 is 0.548 bits per heavy atom. The normalized spacial score (nSPS) is 28.0. The van der Waals surface area contributed by atoms with Crippen molar-refractivity contribution in [1.29, 1.82) is 0 Å². The lowest BCUT2D eigenvalue weighted by Gasteiger charge is -2.55. The van der Waals surface area contributed by atoms with Crippen LogP contribution in [0, 0.1) is 0 Å². The molecular formula is C30H60N4O6P2. The number of hydroxylamine groups is 4. The molecule has 10 nitrogen and oxygen atoms in total. The minimum Gasteiger partial charge on any atom is -0.319 e. The van der Waals surface area contributed by atoms with E-state index in [0.717, 1.165) is 51.6 Å². The van der Waals surface area contributed by atoms with Crippen molar-refractivity contribution in [3.8, 4) is 0 Å². The van der Waals surface area contributed by atoms with Crippen LogP contribution in [0.3, 0.4) is 0 Å². The zero-order valence-corrected chi connectivity index (χ0v) is 30.0. The van der Waals surface area contributed by atoms with E-state index in [0.29, 0.717) is 38.5 Å². The Labute approximate surface area is 258 Å². The van der Waals surface area contributed by atoms with Crippen molar-refractivity contribution in [3.05, 3.63) is 0 Å². The highest BCUT2D eigenvalue weighted by Gasteiger charge is 2.50. The molecule has 4 saturated heterocycles. The second kappa shape index (κ2) is 14.5. The van der Waals surface area contributed by atoms with Gasteiger partial charge in [-0.1, -0.05) is 12.8 Å². The zero-order chi connectivity index (χ0) is 30.8. The molecule has 0 unspecified atom stereocenters. The van der Waals surface area contributed by atoms with Gasteiger partial charge in [-0.2, -0.15) is 10.1 Å². The van der Waals surface area contributed by atoms with Gasteiger partial charge in [0.25, 0.3) is 17.1 Å². The third kappa shape index (κ3) is 8.24. The molecule has 4 heterocycles. The van der Waals surface area contributed by atoms with Crippen LogP contribution in [0.25, 0.3) is 0 Å². The number of rotatable bonds is 13. The Balaban J connectivity index is 1.32. The summed E-state index contributed by atoms with van der Waals surface area (Å²) < 4.78 is 29.6. The minimum absolute atomic E-state index is 0.0628. The van der Waals surface area contributed by atoms with Gasteiger partial charge in [0.05, 0.1) is 40.6 Å². The minimum atomic E-state index is -0.985. The maximum atomic E-state index is 6.12. The van der Waals surface area contributed by atoms with Crippen molar-refractivity contribution in [3.63, 3.8) is 0 Å². The summed E-state index contributed by atoms with van der Waals surface area (Å²) in [6.07, 6.45) is 8.79. The van der Waals surface area contributed by atoms with E-state index in [1.54, 1.807) is 14.2 Å². The van der Waals surface area contributed by atoms with E-state index in [2.05, 4.69) is 74.9 Å². The summed E-state index contributed by atoms with van der Waals surface area (Å²) in [5, 5.41) is 4.37. The van der Waals surface area contributed by atoms with Gasteiger partial charge in [-0.15, -0.1) is 0 Å². The molecule has 12 heteroatoms. The number of piperidine rings is 2. The van der Waals surface area contributed by atoms with Gasteiger partial charge in [0.2, 0.25) is 0 Å². The van der Waals surface area contributed by atoms with Crippen molar-refractivity contribution in [1.82, 2.24) is 19.5 Å². The maximum absolute atomic E-state index is 6.12. The summed E-state index contributed by atoms with van der Waals surface area (Å²) in [4.78, 5) is 11.7. The number of nitrogens with zero attached hydrogens (tertiary/aromatic N) is 4. The van der Waals surface area contributed by atoms with E-state index in [-0.39, 0.29) is 22.2 Å². The fourth-order valence-electron chi connectivity index (χ4n) is 8.36. The molecule has 0 N–H and O–H groups in total. The fraction of sp³-hybridized carbons (Fsp3) is 1.00. The lowest BCUT2D eigenvalue weighted by atomic mass is 9.79. The Bertz CT molecular complexity index is 750. The van der Waals surface area contributed by atoms with E-state index >= 15 is 0 Å². The fourth-order valence-corrected chi connectivity index (χ4v) is 11.5. The molecule has 4 fully saturated rings. The van der Waals surface area contributed by atoms with Crippen LogP contribution in [0.4, 0.5) is 0 Å². The molecule has 0 aromatic rings. The highest BCUT2D eigenvalue weighted by Crippen LogP contribution is 2.53. The molecule has 0 amide bonds. The van der Waals surface area contributed by atoms with Gasteiger partial charge in [0, 0.05) is 47.3 Å². The van der Waals surface area contributed by atoms with Gasteiger partial charge in [0.15, 0.2) is 0 Å². The quantitative estimate of drug-likeness (QED) is 0.159. The molecule has 246 valence electrons. The van der Waals surface area contributed by atoms with E-state index in [4.69, 9.17) is 27.8 Å². The first-order chi connectivity index (χ1) is 19.7. The largest absolute Gasteiger partial charge is 0.319 e. The van der Waals surface area contributed by atoms with Crippen LogP contribution in [0.1, 0.15) is 107 Å². The first-order valence-corrected chi connectivity index (χ1v) is 18.3. The molecule has 0 radical (unpaired) electrons.